The Morgan fingerprint density at radius 1 is 2.00 bits per heavy atom. The SMILES string of the molecule is CCO[C](=O)[SnH]. The molecule has 0 aromatic carbocycles. The number of carbonyl (C=O) groups excluding carboxylic acids is 1. The first-order chi connectivity index (χ1) is 2.77. The number of rotatable bonds is 1. The van der Waals surface area contributed by atoms with Gasteiger partial charge in [0.2, 0.25) is 0 Å². The number of hydrogen-bond donors (Lipinski definition) is 0. The van der Waals surface area contributed by atoms with E-state index in [1.807, 2.05) is 0 Å². The molecule has 0 aliphatic carbocycles. The van der Waals surface area contributed by atoms with Crippen LogP contribution in [0.1, 0.15) is 6.92 Å². The molecule has 3 heteroatoms. The topological polar surface area (TPSA) is 26.3 Å². The Labute approximate surface area is 50.0 Å². The van der Waals surface area contributed by atoms with Crippen molar-refractivity contribution >= 4 is 26.5 Å². The van der Waals surface area contributed by atoms with Gasteiger partial charge in [0.25, 0.3) is 0 Å². The second kappa shape index (κ2) is 3.46. The summed E-state index contributed by atoms with van der Waals surface area (Å²) in [6, 6.07) is 0. The van der Waals surface area contributed by atoms with Gasteiger partial charge >= 0.3 is 49.6 Å². The Morgan fingerprint density at radius 2 is 2.50 bits per heavy atom. The van der Waals surface area contributed by atoms with Gasteiger partial charge in [-0.05, 0) is 0 Å². The van der Waals surface area contributed by atoms with E-state index in [9.17, 15) is 4.79 Å². The Balaban J connectivity index is 2.83. The van der Waals surface area contributed by atoms with Crippen LogP contribution in [0.25, 0.3) is 0 Å². The second-order valence-corrected chi connectivity index (χ2v) is 2.10. The van der Waals surface area contributed by atoms with Gasteiger partial charge in [0.05, 0.1) is 0 Å². The molecule has 34 valence electrons. The molecule has 0 atom stereocenters. The third-order valence-corrected chi connectivity index (χ3v) is 0.762. The first-order valence-corrected chi connectivity index (χ1v) is 3.34. The van der Waals surface area contributed by atoms with Gasteiger partial charge in [-0.1, -0.05) is 0 Å². The van der Waals surface area contributed by atoms with Crippen LogP contribution in [0.2, 0.25) is 0 Å². The molecule has 0 aliphatic heterocycles. The average Bonchev–Trinajstić information content (AvgIpc) is 1.35. The van der Waals surface area contributed by atoms with Gasteiger partial charge in [-0.25, -0.2) is 0 Å². The van der Waals surface area contributed by atoms with Crippen LogP contribution in [0.15, 0.2) is 0 Å². The Hall–Kier alpha value is 0.269. The summed E-state index contributed by atoms with van der Waals surface area (Å²) in [7, 11) is 0. The van der Waals surface area contributed by atoms with E-state index >= 15 is 0 Å². The normalized spacial score (nSPS) is 7.67. The first-order valence-electron chi connectivity index (χ1n) is 1.69. The van der Waals surface area contributed by atoms with Crippen LogP contribution >= 0.6 is 0 Å². The van der Waals surface area contributed by atoms with Crippen molar-refractivity contribution in [1.82, 2.24) is 0 Å². The molecule has 0 saturated heterocycles. The fourth-order valence-electron chi connectivity index (χ4n) is 0.142. The van der Waals surface area contributed by atoms with Crippen LogP contribution in [-0.4, -0.2) is 33.1 Å². The molecule has 0 bridgehead atoms. The van der Waals surface area contributed by atoms with Crippen molar-refractivity contribution in [2.45, 2.75) is 6.92 Å². The monoisotopic (exact) mass is 194 g/mol. The van der Waals surface area contributed by atoms with E-state index in [4.69, 9.17) is 0 Å². The van der Waals surface area contributed by atoms with Crippen molar-refractivity contribution in [3.05, 3.63) is 0 Å². The molecule has 2 radical (unpaired) electrons. The van der Waals surface area contributed by atoms with E-state index in [0.717, 1.165) is 0 Å². The Morgan fingerprint density at radius 3 is 2.50 bits per heavy atom. The third kappa shape index (κ3) is 4.27. The summed E-state index contributed by atoms with van der Waals surface area (Å²) < 4.78 is 4.38. The standard InChI is InChI=1S/C3H5O2.Sn.H/c1-2-5-3-4;;/h2H2,1H3;;. The summed E-state index contributed by atoms with van der Waals surface area (Å²) in [6.45, 7) is 2.31. The van der Waals surface area contributed by atoms with Crippen molar-refractivity contribution < 1.29 is 9.53 Å². The predicted octanol–water partition coefficient (Wildman–Crippen LogP) is 0.0437. The maximum absolute atomic E-state index is 9.88. The number of carbonyl (C=O) groups is 1. The van der Waals surface area contributed by atoms with Crippen LogP contribution in [0.5, 0.6) is 0 Å². The molecule has 0 unspecified atom stereocenters. The summed E-state index contributed by atoms with van der Waals surface area (Å²) in [6.07, 6.45) is 0. The maximum atomic E-state index is 9.88. The van der Waals surface area contributed by atoms with Crippen LogP contribution < -0.4 is 0 Å². The second-order valence-electron chi connectivity index (χ2n) is 0.752. The van der Waals surface area contributed by atoms with Crippen LogP contribution in [0.4, 0.5) is 4.79 Å². The molecular formula is C3H6O2Sn. The van der Waals surface area contributed by atoms with E-state index in [0.29, 0.717) is 29.1 Å². The predicted molar refractivity (Wildman–Crippen MR) is 24.2 cm³/mol. The van der Waals surface area contributed by atoms with Gasteiger partial charge < -0.3 is 0 Å². The quantitative estimate of drug-likeness (QED) is 0.549. The van der Waals surface area contributed by atoms with E-state index in [1.54, 1.807) is 6.92 Å². The van der Waals surface area contributed by atoms with Crippen LogP contribution in [0.3, 0.4) is 0 Å². The van der Waals surface area contributed by atoms with Crippen molar-refractivity contribution in [3.8, 4) is 0 Å². The zero-order valence-corrected chi connectivity index (χ0v) is 6.90. The Bertz CT molecular complexity index is 52.8. The first kappa shape index (κ1) is 6.27. The van der Waals surface area contributed by atoms with Crippen molar-refractivity contribution in [1.29, 1.82) is 0 Å². The minimum absolute atomic E-state index is 0.0806. The fourth-order valence-corrected chi connectivity index (χ4v) is 0.618. The van der Waals surface area contributed by atoms with E-state index in [2.05, 4.69) is 4.74 Å². The van der Waals surface area contributed by atoms with Gasteiger partial charge in [0.1, 0.15) is 0 Å². The van der Waals surface area contributed by atoms with E-state index in [-0.39, 0.29) is 3.99 Å². The third-order valence-electron chi connectivity index (χ3n) is 0.287. The zero-order chi connectivity index (χ0) is 4.99. The van der Waals surface area contributed by atoms with Gasteiger partial charge in [-0.3, -0.25) is 0 Å². The molecule has 0 fully saturated rings. The molecule has 0 spiro atoms. The van der Waals surface area contributed by atoms with Gasteiger partial charge in [-0.15, -0.1) is 0 Å². The summed E-state index contributed by atoms with van der Waals surface area (Å²) in [5.74, 6) is 0. The fraction of sp³-hybridized carbons (Fsp3) is 0.667. The minimum atomic E-state index is -0.0806. The summed E-state index contributed by atoms with van der Waals surface area (Å²) >= 11 is 0.574. The van der Waals surface area contributed by atoms with E-state index < -0.39 is 0 Å². The Kier molecular flexibility index (Phi) is 3.61. The molecule has 2 nitrogen and oxygen atoms in total. The molecule has 0 rings (SSSR count). The van der Waals surface area contributed by atoms with Gasteiger partial charge in [0, 0.05) is 0 Å². The van der Waals surface area contributed by atoms with Crippen molar-refractivity contribution in [2.24, 2.45) is 0 Å². The average molecular weight is 193 g/mol. The molecule has 0 aromatic rings. The molecule has 0 amide bonds. The molecular weight excluding hydrogens is 187 g/mol. The summed E-state index contributed by atoms with van der Waals surface area (Å²) in [5.41, 5.74) is 0. The summed E-state index contributed by atoms with van der Waals surface area (Å²) in [4.78, 5) is 9.88. The van der Waals surface area contributed by atoms with Crippen molar-refractivity contribution in [3.63, 3.8) is 0 Å². The zero-order valence-electron chi connectivity index (χ0n) is 3.60. The molecule has 0 N–H and O–H groups in total. The van der Waals surface area contributed by atoms with E-state index in [1.165, 1.54) is 0 Å². The van der Waals surface area contributed by atoms with Crippen molar-refractivity contribution in [2.75, 3.05) is 6.61 Å². The summed E-state index contributed by atoms with van der Waals surface area (Å²) in [5, 5.41) is 0. The van der Waals surface area contributed by atoms with Gasteiger partial charge in [-0.2, -0.15) is 0 Å². The molecule has 0 saturated carbocycles. The number of ether oxygens (including phenoxy) is 1. The molecule has 0 aliphatic rings. The number of hydrogen-bond acceptors (Lipinski definition) is 2. The molecule has 6 heavy (non-hydrogen) atoms. The van der Waals surface area contributed by atoms with Crippen LogP contribution in [-0.2, 0) is 4.74 Å². The van der Waals surface area contributed by atoms with Crippen LogP contribution in [0, 0.1) is 0 Å². The molecule has 0 heterocycles. The molecule has 0 aromatic heterocycles. The van der Waals surface area contributed by atoms with Gasteiger partial charge in [0.15, 0.2) is 0 Å².